The fraction of sp³-hybridized carbons (Fsp3) is 0.115. The van der Waals surface area contributed by atoms with Gasteiger partial charge in [0.1, 0.15) is 6.33 Å². The van der Waals surface area contributed by atoms with Crippen LogP contribution in [0.2, 0.25) is 0 Å². The van der Waals surface area contributed by atoms with Crippen LogP contribution in [-0.2, 0) is 23.2 Å². The second kappa shape index (κ2) is 9.81. The maximum atomic E-state index is 13.7. The van der Waals surface area contributed by atoms with E-state index in [-0.39, 0.29) is 21.4 Å². The predicted octanol–water partition coefficient (Wildman–Crippen LogP) is 6.67. The average Bonchev–Trinajstić information content (AvgIpc) is 3.50. The number of carbonyl (C=O) groups is 1. The van der Waals surface area contributed by atoms with Crippen molar-refractivity contribution in [2.24, 2.45) is 7.05 Å². The van der Waals surface area contributed by atoms with E-state index in [2.05, 4.69) is 26.7 Å². The van der Waals surface area contributed by atoms with Crippen LogP contribution in [0.5, 0.6) is 0 Å². The number of alkyl halides is 3. The summed E-state index contributed by atoms with van der Waals surface area (Å²) in [5, 5.41) is 0.740. The van der Waals surface area contributed by atoms with Gasteiger partial charge in [-0.1, -0.05) is 18.2 Å². The molecule has 0 aliphatic rings. The van der Waals surface area contributed by atoms with Crippen molar-refractivity contribution < 1.29 is 26.4 Å². The first-order chi connectivity index (χ1) is 18.3. The highest BCUT2D eigenvalue weighted by Crippen LogP contribution is 2.43. The standard InChI is InChI=1S/C26H19F3N4O3S3/c1-14(34)15-3-8-24(37)21(9-15)20-10-16(26(27,28)29)4-6-18(20)22-12-33(2)23-11-17(5-7-19(22)23)39(35,36)32-25-30-13-31-38-25/h3-13,37H,1-2H3,(H,30,31,32). The third kappa shape index (κ3) is 5.16. The van der Waals surface area contributed by atoms with E-state index in [1.807, 2.05) is 0 Å². The molecule has 0 spiro atoms. The van der Waals surface area contributed by atoms with Crippen LogP contribution in [0.15, 0.2) is 76.9 Å². The summed E-state index contributed by atoms with van der Waals surface area (Å²) < 4.78 is 74.8. The lowest BCUT2D eigenvalue weighted by molar-refractivity contribution is -0.137. The molecule has 0 atom stereocenters. The molecule has 0 saturated carbocycles. The average molecular weight is 589 g/mol. The van der Waals surface area contributed by atoms with Crippen LogP contribution in [0.1, 0.15) is 22.8 Å². The first-order valence-corrected chi connectivity index (χ1v) is 14.0. The summed E-state index contributed by atoms with van der Waals surface area (Å²) in [6.07, 6.45) is -1.64. The monoisotopic (exact) mass is 588 g/mol. The van der Waals surface area contributed by atoms with Gasteiger partial charge in [0.2, 0.25) is 5.13 Å². The number of aryl methyl sites for hydroxylation is 1. The second-order valence-electron chi connectivity index (χ2n) is 8.73. The Morgan fingerprint density at radius 1 is 1.00 bits per heavy atom. The minimum Gasteiger partial charge on any atom is -0.350 e. The molecule has 7 nitrogen and oxygen atoms in total. The van der Waals surface area contributed by atoms with Crippen molar-refractivity contribution >= 4 is 56.0 Å². The Morgan fingerprint density at radius 3 is 2.44 bits per heavy atom. The Bertz CT molecular complexity index is 1850. The van der Waals surface area contributed by atoms with E-state index < -0.39 is 21.8 Å². The van der Waals surface area contributed by atoms with Gasteiger partial charge in [-0.15, -0.1) is 12.6 Å². The molecule has 13 heteroatoms. The topological polar surface area (TPSA) is 94.0 Å². The van der Waals surface area contributed by atoms with Crippen LogP contribution in [0.3, 0.4) is 0 Å². The molecule has 5 rings (SSSR count). The number of sulfonamides is 1. The first-order valence-electron chi connectivity index (χ1n) is 11.3. The number of anilines is 1. The Hall–Kier alpha value is -3.68. The number of nitrogens with zero attached hydrogens (tertiary/aromatic N) is 3. The van der Waals surface area contributed by atoms with Gasteiger partial charge in [-0.05, 0) is 60.0 Å². The molecular weight excluding hydrogens is 570 g/mol. The molecule has 0 aliphatic heterocycles. The normalized spacial score (nSPS) is 12.2. The highest BCUT2D eigenvalue weighted by atomic mass is 32.2. The first kappa shape index (κ1) is 26.9. The fourth-order valence-electron chi connectivity index (χ4n) is 4.29. The molecule has 0 radical (unpaired) electrons. The molecular formula is C26H19F3N4O3S3. The Morgan fingerprint density at radius 2 is 1.77 bits per heavy atom. The van der Waals surface area contributed by atoms with Gasteiger partial charge in [0.05, 0.1) is 10.5 Å². The van der Waals surface area contributed by atoms with Gasteiger partial charge < -0.3 is 4.57 Å². The number of nitrogens with one attached hydrogen (secondary N) is 1. The van der Waals surface area contributed by atoms with Crippen molar-refractivity contribution in [1.82, 2.24) is 13.9 Å². The lowest BCUT2D eigenvalue weighted by Gasteiger charge is -2.16. The zero-order valence-corrected chi connectivity index (χ0v) is 22.8. The number of aromatic nitrogens is 3. The van der Waals surface area contributed by atoms with E-state index in [0.29, 0.717) is 38.1 Å². The summed E-state index contributed by atoms with van der Waals surface area (Å²) >= 11 is 5.37. The van der Waals surface area contributed by atoms with E-state index in [1.165, 1.54) is 37.5 Å². The lowest BCUT2D eigenvalue weighted by Crippen LogP contribution is -2.12. The lowest BCUT2D eigenvalue weighted by atomic mass is 9.91. The number of ketones is 1. The minimum absolute atomic E-state index is 0.0163. The van der Waals surface area contributed by atoms with Gasteiger partial charge in [-0.2, -0.15) is 17.5 Å². The number of halogens is 3. The number of rotatable bonds is 6. The quantitative estimate of drug-likeness (QED) is 0.171. The number of carbonyl (C=O) groups excluding carboxylic acids is 1. The number of hydrogen-bond acceptors (Lipinski definition) is 7. The third-order valence-electron chi connectivity index (χ3n) is 6.19. The van der Waals surface area contributed by atoms with E-state index in [4.69, 9.17) is 0 Å². The van der Waals surface area contributed by atoms with Crippen molar-refractivity contribution in [2.75, 3.05) is 4.72 Å². The highest BCUT2D eigenvalue weighted by Gasteiger charge is 2.32. The molecule has 0 saturated heterocycles. The molecule has 2 aromatic heterocycles. The van der Waals surface area contributed by atoms with Gasteiger partial charge in [-0.25, -0.2) is 13.4 Å². The molecule has 1 N–H and O–H groups in total. The van der Waals surface area contributed by atoms with E-state index in [1.54, 1.807) is 36.0 Å². The Labute approximate surface area is 231 Å². The largest absolute Gasteiger partial charge is 0.416 e. The SMILES string of the molecule is CC(=O)c1ccc(S)c(-c2cc(C(F)(F)F)ccc2-c2cn(C)c3cc(S(=O)(=O)Nc4ncns4)ccc23)c1. The van der Waals surface area contributed by atoms with Gasteiger partial charge in [0.15, 0.2) is 5.78 Å². The van der Waals surface area contributed by atoms with E-state index >= 15 is 0 Å². The summed E-state index contributed by atoms with van der Waals surface area (Å²) in [4.78, 5) is 16.3. The van der Waals surface area contributed by atoms with Crippen molar-refractivity contribution in [2.45, 2.75) is 22.9 Å². The Balaban J connectivity index is 1.70. The highest BCUT2D eigenvalue weighted by molar-refractivity contribution is 7.93. The van der Waals surface area contributed by atoms with Gasteiger partial charge in [0.25, 0.3) is 10.0 Å². The van der Waals surface area contributed by atoms with Crippen LogP contribution in [0.4, 0.5) is 18.3 Å². The Kier molecular flexibility index (Phi) is 6.77. The zero-order valence-electron chi connectivity index (χ0n) is 20.3. The summed E-state index contributed by atoms with van der Waals surface area (Å²) in [5.74, 6) is -0.237. The van der Waals surface area contributed by atoms with E-state index in [0.717, 1.165) is 23.7 Å². The van der Waals surface area contributed by atoms with Crippen molar-refractivity contribution in [1.29, 1.82) is 0 Å². The summed E-state index contributed by atoms with van der Waals surface area (Å²) in [6, 6.07) is 12.6. The van der Waals surface area contributed by atoms with Crippen LogP contribution in [-0.4, -0.2) is 28.1 Å². The van der Waals surface area contributed by atoms with Crippen molar-refractivity contribution in [3.63, 3.8) is 0 Å². The van der Waals surface area contributed by atoms with Crippen LogP contribution in [0.25, 0.3) is 33.2 Å². The van der Waals surface area contributed by atoms with Crippen LogP contribution in [0, 0.1) is 0 Å². The summed E-state index contributed by atoms with van der Waals surface area (Å²) in [7, 11) is -2.25. The maximum Gasteiger partial charge on any atom is 0.416 e. The maximum absolute atomic E-state index is 13.7. The molecule has 0 fully saturated rings. The molecule has 2 heterocycles. The van der Waals surface area contributed by atoms with Gasteiger partial charge in [0, 0.05) is 51.7 Å². The minimum atomic E-state index is -4.59. The van der Waals surface area contributed by atoms with Crippen molar-refractivity contribution in [3.8, 4) is 22.3 Å². The van der Waals surface area contributed by atoms with Gasteiger partial charge in [-0.3, -0.25) is 9.52 Å². The molecule has 0 aliphatic carbocycles. The molecule has 0 amide bonds. The molecule has 0 bridgehead atoms. The van der Waals surface area contributed by atoms with Gasteiger partial charge >= 0.3 is 6.18 Å². The number of hydrogen-bond donors (Lipinski definition) is 2. The van der Waals surface area contributed by atoms with Crippen LogP contribution >= 0.6 is 24.2 Å². The molecule has 3 aromatic carbocycles. The van der Waals surface area contributed by atoms with E-state index in [9.17, 15) is 26.4 Å². The van der Waals surface area contributed by atoms with Crippen molar-refractivity contribution in [3.05, 3.63) is 78.2 Å². The zero-order chi connectivity index (χ0) is 28.1. The smallest absolute Gasteiger partial charge is 0.350 e. The number of benzene rings is 3. The molecule has 0 unspecified atom stereocenters. The summed E-state index contributed by atoms with van der Waals surface area (Å²) in [5.41, 5.74) is 1.68. The predicted molar refractivity (Wildman–Crippen MR) is 147 cm³/mol. The molecule has 5 aromatic rings. The number of thiol groups is 1. The summed E-state index contributed by atoms with van der Waals surface area (Å²) in [6.45, 7) is 1.38. The molecule has 200 valence electrons. The third-order valence-corrected chi connectivity index (χ3v) is 8.62. The fourth-order valence-corrected chi connectivity index (χ4v) is 6.23. The second-order valence-corrected chi connectivity index (χ2v) is 11.7. The van der Waals surface area contributed by atoms with Crippen LogP contribution < -0.4 is 4.72 Å². The number of Topliss-reactive ketones (excluding diaryl/α,β-unsaturated/α-hetero) is 1. The molecule has 39 heavy (non-hydrogen) atoms. The number of fused-ring (bicyclic) bond motifs is 1.